The first-order valence-electron chi connectivity index (χ1n) is 12.9. The highest BCUT2D eigenvalue weighted by Crippen LogP contribution is 2.44. The summed E-state index contributed by atoms with van der Waals surface area (Å²) in [6.07, 6.45) is 8.91. The number of aromatic nitrogens is 4. The Bertz CT molecular complexity index is 1680. The fourth-order valence-corrected chi connectivity index (χ4v) is 5.26. The maximum Gasteiger partial charge on any atom is 0.334 e. The van der Waals surface area contributed by atoms with Crippen LogP contribution in [0.1, 0.15) is 30.5 Å². The Kier molecular flexibility index (Phi) is 6.29. The van der Waals surface area contributed by atoms with Gasteiger partial charge in [-0.3, -0.25) is 24.4 Å². The number of amides is 2. The molecule has 1 aromatic carbocycles. The van der Waals surface area contributed by atoms with Crippen LogP contribution in [0.25, 0.3) is 11.3 Å². The Morgan fingerprint density at radius 3 is 2.29 bits per heavy atom. The van der Waals surface area contributed by atoms with Crippen molar-refractivity contribution in [3.63, 3.8) is 0 Å². The molecule has 0 saturated heterocycles. The van der Waals surface area contributed by atoms with Gasteiger partial charge < -0.3 is 9.47 Å². The molecule has 0 bridgehead atoms. The molecule has 12 heteroatoms. The number of hydrogen-bond donors (Lipinski definition) is 0. The third-order valence-electron chi connectivity index (χ3n) is 7.69. The van der Waals surface area contributed by atoms with E-state index in [0.29, 0.717) is 28.2 Å². The third-order valence-corrected chi connectivity index (χ3v) is 7.69. The van der Waals surface area contributed by atoms with E-state index < -0.39 is 28.8 Å². The molecule has 0 radical (unpaired) electrons. The molecule has 0 atom stereocenters. The first-order chi connectivity index (χ1) is 19.8. The molecule has 4 heterocycles. The number of halogens is 2. The van der Waals surface area contributed by atoms with Crippen LogP contribution in [0, 0.1) is 23.0 Å². The Balaban J connectivity index is 1.45. The van der Waals surface area contributed by atoms with Gasteiger partial charge in [-0.05, 0) is 37.5 Å². The fraction of sp³-hybridized carbons (Fsp3) is 0.276. The number of hydrogen-bond acceptors (Lipinski definition) is 7. The minimum Gasteiger partial charge on any atom is -0.493 e. The molecule has 0 unspecified atom stereocenters. The van der Waals surface area contributed by atoms with Crippen molar-refractivity contribution >= 4 is 23.1 Å². The van der Waals surface area contributed by atoms with Crippen molar-refractivity contribution in [3.05, 3.63) is 71.9 Å². The molecule has 0 N–H and O–H groups in total. The van der Waals surface area contributed by atoms with E-state index >= 15 is 8.78 Å². The van der Waals surface area contributed by atoms with Crippen LogP contribution in [-0.2, 0) is 19.0 Å². The highest BCUT2D eigenvalue weighted by Gasteiger charge is 2.41. The number of rotatable bonds is 6. The molecular weight excluding hydrogens is 532 g/mol. The van der Waals surface area contributed by atoms with Crippen molar-refractivity contribution in [2.75, 3.05) is 24.0 Å². The predicted octanol–water partition coefficient (Wildman–Crippen LogP) is 5.40. The molecule has 208 valence electrons. The summed E-state index contributed by atoms with van der Waals surface area (Å²) in [6, 6.07) is 8.21. The average molecular weight is 558 g/mol. The number of ether oxygens (including phenoxy) is 2. The number of methoxy groups -OCH3 is 2. The third kappa shape index (κ3) is 4.12. The Morgan fingerprint density at radius 1 is 1.02 bits per heavy atom. The van der Waals surface area contributed by atoms with Crippen LogP contribution < -0.4 is 19.3 Å². The number of benzene rings is 1. The molecule has 41 heavy (non-hydrogen) atoms. The van der Waals surface area contributed by atoms with Crippen LogP contribution in [-0.4, -0.2) is 40.0 Å². The molecule has 2 aliphatic rings. The van der Waals surface area contributed by atoms with E-state index in [1.165, 1.54) is 30.0 Å². The van der Waals surface area contributed by atoms with Crippen molar-refractivity contribution < 1.29 is 23.0 Å². The zero-order valence-electron chi connectivity index (χ0n) is 22.6. The number of nitrogens with zero attached hydrogens (tertiary/aromatic N) is 7. The van der Waals surface area contributed by atoms with Gasteiger partial charge in [0.05, 0.1) is 61.2 Å². The lowest BCUT2D eigenvalue weighted by atomic mass is 9.67. The standard InChI is InChI=1S/C29H25F2N7O3/c1-36-15-19(13-35-36)38-21-9-20(17-5-6-24(34-11-17)29(16-32)7-4-8-29)33-12-18(21)14-37(28(38)39)27-25(30)22(40-2)10-23(41-3)26(27)31/h5-6,9-13,15H,4,7-8,14H2,1-3H3. The molecule has 3 aromatic heterocycles. The van der Waals surface area contributed by atoms with Crippen molar-refractivity contribution in [3.8, 4) is 28.8 Å². The summed E-state index contributed by atoms with van der Waals surface area (Å²) in [5.74, 6) is -2.61. The Labute approximate surface area is 234 Å². The van der Waals surface area contributed by atoms with Crippen LogP contribution in [0.5, 0.6) is 11.5 Å². The molecule has 2 amide bonds. The zero-order chi connectivity index (χ0) is 28.9. The number of anilines is 3. The minimum atomic E-state index is -1.04. The van der Waals surface area contributed by atoms with Crippen LogP contribution in [0.15, 0.2) is 49.1 Å². The lowest BCUT2D eigenvalue weighted by molar-refractivity contribution is 0.251. The van der Waals surface area contributed by atoms with E-state index in [1.54, 1.807) is 31.7 Å². The van der Waals surface area contributed by atoms with E-state index in [-0.39, 0.29) is 18.0 Å². The van der Waals surface area contributed by atoms with Crippen LogP contribution >= 0.6 is 0 Å². The molecule has 10 nitrogen and oxygen atoms in total. The van der Waals surface area contributed by atoms with Gasteiger partial charge >= 0.3 is 6.03 Å². The monoisotopic (exact) mass is 557 g/mol. The van der Waals surface area contributed by atoms with Crippen molar-refractivity contribution in [1.29, 1.82) is 5.26 Å². The van der Waals surface area contributed by atoms with Crippen LogP contribution in [0.4, 0.5) is 30.6 Å². The molecule has 1 aliphatic heterocycles. The van der Waals surface area contributed by atoms with Crippen molar-refractivity contribution in [1.82, 2.24) is 19.7 Å². The lowest BCUT2D eigenvalue weighted by Gasteiger charge is -2.37. The summed E-state index contributed by atoms with van der Waals surface area (Å²) in [5.41, 5.74) is 2.24. The smallest absolute Gasteiger partial charge is 0.334 e. The van der Waals surface area contributed by atoms with Crippen molar-refractivity contribution in [2.45, 2.75) is 31.2 Å². The van der Waals surface area contributed by atoms with Gasteiger partial charge in [0, 0.05) is 42.8 Å². The van der Waals surface area contributed by atoms with Gasteiger partial charge in [-0.25, -0.2) is 13.6 Å². The highest BCUT2D eigenvalue weighted by atomic mass is 19.1. The van der Waals surface area contributed by atoms with Gasteiger partial charge in [0.15, 0.2) is 23.1 Å². The van der Waals surface area contributed by atoms with Gasteiger partial charge in [0.2, 0.25) is 0 Å². The SMILES string of the molecule is COc1cc(OC)c(F)c(N2Cc3cnc(-c4ccc(C5(C#N)CCC5)nc4)cc3N(c3cnn(C)c3)C2=O)c1F. The number of nitriles is 1. The van der Waals surface area contributed by atoms with E-state index in [1.807, 2.05) is 12.1 Å². The topological polar surface area (TPSA) is 109 Å². The van der Waals surface area contributed by atoms with Gasteiger partial charge in [0.1, 0.15) is 5.69 Å². The average Bonchev–Trinajstić information content (AvgIpc) is 3.39. The van der Waals surface area contributed by atoms with Gasteiger partial charge in [0.25, 0.3) is 0 Å². The normalized spacial score (nSPS) is 15.7. The molecular formula is C29H25F2N7O3. The molecule has 1 saturated carbocycles. The van der Waals surface area contributed by atoms with Crippen LogP contribution in [0.3, 0.4) is 0 Å². The first kappa shape index (κ1) is 26.2. The molecule has 1 fully saturated rings. The van der Waals surface area contributed by atoms with Crippen molar-refractivity contribution in [2.24, 2.45) is 7.05 Å². The number of carbonyl (C=O) groups excluding carboxylic acids is 1. The van der Waals surface area contributed by atoms with Crippen LogP contribution in [0.2, 0.25) is 0 Å². The van der Waals surface area contributed by atoms with Gasteiger partial charge in [-0.15, -0.1) is 0 Å². The summed E-state index contributed by atoms with van der Waals surface area (Å²) >= 11 is 0. The lowest BCUT2D eigenvalue weighted by Crippen LogP contribution is -2.45. The predicted molar refractivity (Wildman–Crippen MR) is 145 cm³/mol. The molecule has 6 rings (SSSR count). The molecule has 1 aliphatic carbocycles. The second-order valence-corrected chi connectivity index (χ2v) is 10.0. The summed E-state index contributed by atoms with van der Waals surface area (Å²) in [6.45, 7) is -0.162. The number of urea groups is 1. The zero-order valence-corrected chi connectivity index (χ0v) is 22.6. The second kappa shape index (κ2) is 9.85. The summed E-state index contributed by atoms with van der Waals surface area (Å²) in [7, 11) is 4.19. The van der Waals surface area contributed by atoms with E-state index in [2.05, 4.69) is 21.1 Å². The summed E-state index contributed by atoms with van der Waals surface area (Å²) < 4.78 is 42.7. The number of pyridine rings is 2. The number of fused-ring (bicyclic) bond motifs is 1. The first-order valence-corrected chi connectivity index (χ1v) is 12.9. The second-order valence-electron chi connectivity index (χ2n) is 10.0. The molecule has 0 spiro atoms. The van der Waals surface area contributed by atoms with Gasteiger partial charge in [-0.1, -0.05) is 0 Å². The number of carbonyl (C=O) groups is 1. The maximum absolute atomic E-state index is 15.5. The minimum absolute atomic E-state index is 0.162. The summed E-state index contributed by atoms with van der Waals surface area (Å²) in [4.78, 5) is 25.5. The number of aryl methyl sites for hydroxylation is 1. The van der Waals surface area contributed by atoms with E-state index in [0.717, 1.165) is 35.9 Å². The van der Waals surface area contributed by atoms with Gasteiger partial charge in [-0.2, -0.15) is 10.4 Å². The van der Waals surface area contributed by atoms with E-state index in [9.17, 15) is 10.1 Å². The fourth-order valence-electron chi connectivity index (χ4n) is 5.26. The molecule has 4 aromatic rings. The Hall–Kier alpha value is -5.05. The summed E-state index contributed by atoms with van der Waals surface area (Å²) in [5, 5.41) is 13.8. The largest absolute Gasteiger partial charge is 0.493 e. The highest BCUT2D eigenvalue weighted by molar-refractivity contribution is 6.11. The maximum atomic E-state index is 15.5. The quantitative estimate of drug-likeness (QED) is 0.312. The Morgan fingerprint density at radius 2 is 1.76 bits per heavy atom. The van der Waals surface area contributed by atoms with E-state index in [4.69, 9.17) is 9.47 Å².